The van der Waals surface area contributed by atoms with Crippen LogP contribution in [0.3, 0.4) is 0 Å². The van der Waals surface area contributed by atoms with Crippen molar-refractivity contribution < 1.29 is 28.4 Å². The maximum Gasteiger partial charge on any atom is 0.0518 e. The van der Waals surface area contributed by atoms with Crippen LogP contribution in [0.5, 0.6) is 0 Å². The van der Waals surface area contributed by atoms with E-state index in [0.29, 0.717) is 36.6 Å². The lowest BCUT2D eigenvalue weighted by atomic mass is 9.87. The van der Waals surface area contributed by atoms with E-state index in [1.165, 1.54) is 201 Å². The summed E-state index contributed by atoms with van der Waals surface area (Å²) in [6.07, 6.45) is 22.0. The Kier molecular flexibility index (Phi) is 51.8. The summed E-state index contributed by atoms with van der Waals surface area (Å²) in [5, 5.41) is 0. The minimum Gasteiger partial charge on any atom is -0.379 e. The molecule has 0 saturated carbocycles. The van der Waals surface area contributed by atoms with E-state index in [4.69, 9.17) is 28.4 Å². The lowest BCUT2D eigenvalue weighted by molar-refractivity contribution is 0.0655. The van der Waals surface area contributed by atoms with Crippen molar-refractivity contribution in [3.8, 4) is 0 Å². The van der Waals surface area contributed by atoms with E-state index in [0.717, 1.165) is 69.7 Å². The Bertz CT molecular complexity index is 1190. The van der Waals surface area contributed by atoms with E-state index in [2.05, 4.69) is 154 Å². The first kappa shape index (κ1) is 77.5. The normalized spacial score (nSPS) is 20.7. The predicted molar refractivity (Wildman–Crippen MR) is 338 cm³/mol. The van der Waals surface area contributed by atoms with Crippen molar-refractivity contribution >= 4 is 0 Å². The molecule has 0 radical (unpaired) electrons. The van der Waals surface area contributed by atoms with Crippen LogP contribution < -0.4 is 0 Å². The van der Waals surface area contributed by atoms with Gasteiger partial charge in [-0.2, -0.15) is 0 Å². The lowest BCUT2D eigenvalue weighted by Gasteiger charge is -2.33. The number of nitrogens with zero attached hydrogens (tertiary/aromatic N) is 6. The first-order chi connectivity index (χ1) is 37.2. The molecule has 0 amide bonds. The monoisotopic (exact) mass is 1110 g/mol. The Hall–Kier alpha value is -0.480. The average Bonchev–Trinajstić information content (AvgIpc) is 3.39. The maximum atomic E-state index is 5.57. The molecule has 0 spiro atoms. The van der Waals surface area contributed by atoms with Gasteiger partial charge in [0.1, 0.15) is 0 Å². The Labute approximate surface area is 488 Å². The second-order valence-corrected chi connectivity index (χ2v) is 25.9. The number of piperidine rings is 4. The molecule has 5 aliphatic rings. The molecule has 0 bridgehead atoms. The average molecular weight is 1110 g/mol. The lowest BCUT2D eigenvalue weighted by Crippen LogP contribution is -2.44. The van der Waals surface area contributed by atoms with Crippen molar-refractivity contribution in [2.75, 3.05) is 158 Å². The molecule has 12 nitrogen and oxygen atoms in total. The van der Waals surface area contributed by atoms with Crippen LogP contribution in [0, 0.1) is 23.7 Å². The molecule has 78 heavy (non-hydrogen) atoms. The first-order valence-corrected chi connectivity index (χ1v) is 33.2. The number of piperazine rings is 1. The SMILES string of the molecule is CC(C)OCCCN1CCC(C(C)C)CC1.CC(C)OCCCN1CCCCC1.CC(C)OCCCN1CCC[C@H](C)C1.CC(C)OCCCN1CCN(C)CC1.CC1CCCN(CCCOC(C)C)C1.CCCOC(C)C. The zero-order chi connectivity index (χ0) is 58.4. The van der Waals surface area contributed by atoms with Gasteiger partial charge in [0.05, 0.1) is 36.6 Å². The molecule has 5 saturated heterocycles. The van der Waals surface area contributed by atoms with E-state index in [1.54, 1.807) is 0 Å². The molecule has 5 heterocycles. The van der Waals surface area contributed by atoms with Crippen molar-refractivity contribution in [3.63, 3.8) is 0 Å². The smallest absolute Gasteiger partial charge is 0.0518 e. The van der Waals surface area contributed by atoms with E-state index in [-0.39, 0.29) is 0 Å². The van der Waals surface area contributed by atoms with Crippen LogP contribution in [-0.4, -0.2) is 224 Å². The molecule has 1 unspecified atom stereocenters. The third-order valence-corrected chi connectivity index (χ3v) is 15.1. The highest BCUT2D eigenvalue weighted by atomic mass is 16.5. The summed E-state index contributed by atoms with van der Waals surface area (Å²) in [6, 6.07) is 0. The molecular weight excluding hydrogens is 973 g/mol. The minimum absolute atomic E-state index is 0.377. The fraction of sp³-hybridized carbons (Fsp3) is 1.00. The summed E-state index contributed by atoms with van der Waals surface area (Å²) in [5.41, 5.74) is 0. The number of likely N-dealkylation sites (tertiary alicyclic amines) is 4. The zero-order valence-corrected chi connectivity index (χ0v) is 55.8. The highest BCUT2D eigenvalue weighted by Crippen LogP contribution is 2.24. The fourth-order valence-corrected chi connectivity index (χ4v) is 10.5. The van der Waals surface area contributed by atoms with Gasteiger partial charge in [-0.25, -0.2) is 0 Å². The fourth-order valence-electron chi connectivity index (χ4n) is 10.5. The van der Waals surface area contributed by atoms with E-state index < -0.39 is 0 Å². The van der Waals surface area contributed by atoms with Crippen LogP contribution >= 0.6 is 0 Å². The number of ether oxygens (including phenoxy) is 6. The first-order valence-electron chi connectivity index (χ1n) is 33.2. The Morgan fingerprint density at radius 2 is 0.628 bits per heavy atom. The quantitative estimate of drug-likeness (QED) is 0.0670. The van der Waals surface area contributed by atoms with Gasteiger partial charge in [-0.1, -0.05) is 41.0 Å². The Morgan fingerprint density at radius 3 is 0.923 bits per heavy atom. The highest BCUT2D eigenvalue weighted by molar-refractivity contribution is 4.75. The van der Waals surface area contributed by atoms with Crippen LogP contribution in [0.4, 0.5) is 0 Å². The van der Waals surface area contributed by atoms with Gasteiger partial charge in [0.2, 0.25) is 0 Å². The van der Waals surface area contributed by atoms with Crippen molar-refractivity contribution in [1.82, 2.24) is 29.4 Å². The van der Waals surface area contributed by atoms with Gasteiger partial charge in [0, 0.05) is 112 Å². The third-order valence-electron chi connectivity index (χ3n) is 15.1. The second kappa shape index (κ2) is 52.1. The summed E-state index contributed by atoms with van der Waals surface area (Å²) in [4.78, 5) is 15.2. The van der Waals surface area contributed by atoms with Gasteiger partial charge in [-0.15, -0.1) is 0 Å². The molecule has 0 aromatic heterocycles. The number of hydrogen-bond acceptors (Lipinski definition) is 12. The van der Waals surface area contributed by atoms with E-state index in [1.807, 2.05) is 0 Å². The summed E-state index contributed by atoms with van der Waals surface area (Å²) in [6.45, 7) is 63.5. The molecule has 0 aromatic rings. The highest BCUT2D eigenvalue weighted by Gasteiger charge is 2.21. The number of likely N-dealkylation sites (N-methyl/N-ethyl adjacent to an activating group) is 1. The molecule has 5 fully saturated rings. The van der Waals surface area contributed by atoms with Crippen molar-refractivity contribution in [1.29, 1.82) is 0 Å². The molecule has 0 aromatic carbocycles. The predicted octanol–water partition coefficient (Wildman–Crippen LogP) is 13.4. The van der Waals surface area contributed by atoms with Crippen LogP contribution in [0.2, 0.25) is 0 Å². The van der Waals surface area contributed by atoms with Crippen LogP contribution in [0.15, 0.2) is 0 Å². The standard InChI is InChI=1S/C14H29NO.2C12H25NO.C11H24N2O.C11H23NO.C6H14O/c1-12(2)14-6-9-15(10-7-14)8-5-11-16-13(3)4;2*1-11(2)14-9-5-8-13-7-4-6-12(3)10-13;1-11(2)14-10-4-5-13-8-6-12(3)7-9-13;1-11(2)13-10-6-9-12-7-4-3-5-8-12;1-4-5-7-6(2)3/h12-14H,5-11H2,1-4H3;2*11-12H,4-10H2,1-3H3;11H,4-10H2,1-3H3;11H,3-10H2,1-2H3;6H,4-5H2,1-3H3/t;12-;;;;/m.0..../s1. The minimum atomic E-state index is 0.377. The van der Waals surface area contributed by atoms with Gasteiger partial charge in [0.25, 0.3) is 0 Å². The summed E-state index contributed by atoms with van der Waals surface area (Å²) in [7, 11) is 2.19. The molecule has 12 heteroatoms. The second-order valence-electron chi connectivity index (χ2n) is 25.9. The molecule has 0 N–H and O–H groups in total. The molecule has 0 aliphatic carbocycles. The maximum absolute atomic E-state index is 5.57. The number of rotatable bonds is 29. The molecule has 5 rings (SSSR count). The molecular formula is C66H140N6O6. The molecule has 2 atom stereocenters. The topological polar surface area (TPSA) is 74.8 Å². The van der Waals surface area contributed by atoms with Gasteiger partial charge in [0.15, 0.2) is 0 Å². The summed E-state index contributed by atoms with van der Waals surface area (Å²) < 4.78 is 32.8. The summed E-state index contributed by atoms with van der Waals surface area (Å²) >= 11 is 0. The van der Waals surface area contributed by atoms with Gasteiger partial charge in [-0.3, -0.25) is 0 Å². The zero-order valence-electron chi connectivity index (χ0n) is 55.8. The van der Waals surface area contributed by atoms with Crippen LogP contribution in [0.1, 0.15) is 214 Å². The van der Waals surface area contributed by atoms with Gasteiger partial charge >= 0.3 is 0 Å². The van der Waals surface area contributed by atoms with Crippen LogP contribution in [-0.2, 0) is 28.4 Å². The third kappa shape index (κ3) is 51.2. The largest absolute Gasteiger partial charge is 0.379 e. The number of hydrogen-bond donors (Lipinski definition) is 0. The van der Waals surface area contributed by atoms with E-state index >= 15 is 0 Å². The van der Waals surface area contributed by atoms with Crippen LogP contribution in [0.25, 0.3) is 0 Å². The van der Waals surface area contributed by atoms with Crippen molar-refractivity contribution in [2.24, 2.45) is 23.7 Å². The molecule has 470 valence electrons. The van der Waals surface area contributed by atoms with Gasteiger partial charge < -0.3 is 57.8 Å². The van der Waals surface area contributed by atoms with Crippen molar-refractivity contribution in [3.05, 3.63) is 0 Å². The molecule has 5 aliphatic heterocycles. The van der Waals surface area contributed by atoms with E-state index in [9.17, 15) is 0 Å². The van der Waals surface area contributed by atoms with Gasteiger partial charge in [-0.05, 0) is 243 Å². The van der Waals surface area contributed by atoms with Crippen molar-refractivity contribution in [2.45, 2.75) is 251 Å². The Balaban J connectivity index is 0.000000923. The summed E-state index contributed by atoms with van der Waals surface area (Å²) in [5.74, 6) is 3.62. The Morgan fingerprint density at radius 1 is 0.333 bits per heavy atom.